The lowest BCUT2D eigenvalue weighted by Crippen LogP contribution is -2.51. The second kappa shape index (κ2) is 7.99. The van der Waals surface area contributed by atoms with Crippen LogP contribution in [0.2, 0.25) is 0 Å². The maximum Gasteiger partial charge on any atom is 0.270 e. The van der Waals surface area contributed by atoms with Crippen LogP contribution in [0.5, 0.6) is 0 Å². The van der Waals surface area contributed by atoms with Crippen molar-refractivity contribution in [3.05, 3.63) is 36.0 Å². The summed E-state index contributed by atoms with van der Waals surface area (Å²) in [6, 6.07) is 9.82. The largest absolute Gasteiger partial charge is 0.389 e. The van der Waals surface area contributed by atoms with Crippen molar-refractivity contribution in [2.24, 2.45) is 0 Å². The number of para-hydroxylation sites is 1. The number of hydrogen-bond acceptors (Lipinski definition) is 4. The Labute approximate surface area is 148 Å². The van der Waals surface area contributed by atoms with Gasteiger partial charge in [0.15, 0.2) is 0 Å². The number of aromatic amines is 1. The number of H-pyrrole nitrogens is 1. The first kappa shape index (κ1) is 17.9. The van der Waals surface area contributed by atoms with Gasteiger partial charge >= 0.3 is 0 Å². The Morgan fingerprint density at radius 3 is 2.64 bits per heavy atom. The Morgan fingerprint density at radius 1 is 1.24 bits per heavy atom. The molecule has 1 fully saturated rings. The number of ether oxygens (including phenoxy) is 1. The van der Waals surface area contributed by atoms with Crippen LogP contribution >= 0.6 is 0 Å². The van der Waals surface area contributed by atoms with Crippen molar-refractivity contribution in [2.45, 2.75) is 26.1 Å². The Balaban J connectivity index is 1.50. The molecule has 136 valence electrons. The fourth-order valence-corrected chi connectivity index (χ4v) is 3.15. The van der Waals surface area contributed by atoms with Crippen molar-refractivity contribution < 1.29 is 14.6 Å². The molecule has 1 aromatic carbocycles. The van der Waals surface area contributed by atoms with Gasteiger partial charge < -0.3 is 19.7 Å². The lowest BCUT2D eigenvalue weighted by atomic mass is 10.2. The van der Waals surface area contributed by atoms with Crippen LogP contribution in [0.3, 0.4) is 0 Å². The molecule has 2 N–H and O–H groups in total. The molecule has 1 unspecified atom stereocenters. The summed E-state index contributed by atoms with van der Waals surface area (Å²) in [7, 11) is 0. The molecule has 0 radical (unpaired) electrons. The monoisotopic (exact) mass is 345 g/mol. The highest BCUT2D eigenvalue weighted by molar-refractivity contribution is 5.98. The van der Waals surface area contributed by atoms with Crippen LogP contribution in [0.25, 0.3) is 10.9 Å². The number of aliphatic hydroxyl groups excluding tert-OH is 1. The number of fused-ring (bicyclic) bond motifs is 1. The van der Waals surface area contributed by atoms with Gasteiger partial charge in [-0.25, -0.2) is 0 Å². The molecule has 1 amide bonds. The summed E-state index contributed by atoms with van der Waals surface area (Å²) in [5.41, 5.74) is 1.62. The molecular weight excluding hydrogens is 318 g/mol. The minimum absolute atomic E-state index is 0.0412. The first-order chi connectivity index (χ1) is 12.0. The number of carbonyl (C=O) groups is 1. The third kappa shape index (κ3) is 4.60. The topological polar surface area (TPSA) is 68.8 Å². The smallest absolute Gasteiger partial charge is 0.270 e. The number of carbonyl (C=O) groups excluding carboxylic acids is 1. The molecule has 1 aliphatic heterocycles. The van der Waals surface area contributed by atoms with E-state index in [2.05, 4.69) is 9.88 Å². The molecule has 1 saturated heterocycles. The number of amides is 1. The van der Waals surface area contributed by atoms with Gasteiger partial charge in [-0.15, -0.1) is 0 Å². The summed E-state index contributed by atoms with van der Waals surface area (Å²) >= 11 is 0. The molecule has 2 heterocycles. The summed E-state index contributed by atoms with van der Waals surface area (Å²) in [5.74, 6) is 0.0412. The average Bonchev–Trinajstić information content (AvgIpc) is 3.04. The van der Waals surface area contributed by atoms with Crippen molar-refractivity contribution in [2.75, 3.05) is 39.3 Å². The lowest BCUT2D eigenvalue weighted by Gasteiger charge is -2.35. The number of hydrogen-bond donors (Lipinski definition) is 2. The average molecular weight is 345 g/mol. The van der Waals surface area contributed by atoms with E-state index in [0.717, 1.165) is 24.0 Å². The summed E-state index contributed by atoms with van der Waals surface area (Å²) in [5, 5.41) is 11.1. The van der Waals surface area contributed by atoms with Crippen LogP contribution in [0.1, 0.15) is 24.3 Å². The molecule has 0 saturated carbocycles. The standard InChI is InChI=1S/C19H27N3O3/c1-14(2)25-13-16(23)12-21-7-9-22(10-8-21)19(24)18-11-15-5-3-4-6-17(15)20-18/h3-6,11,14,16,20,23H,7-10,12-13H2,1-2H3. The molecule has 6 nitrogen and oxygen atoms in total. The van der Waals surface area contributed by atoms with Crippen molar-refractivity contribution in [1.82, 2.24) is 14.8 Å². The summed E-state index contributed by atoms with van der Waals surface area (Å²) in [4.78, 5) is 19.9. The normalized spacial score (nSPS) is 17.4. The zero-order chi connectivity index (χ0) is 17.8. The SMILES string of the molecule is CC(C)OCC(O)CN1CCN(C(=O)c2cc3ccccc3[nH]2)CC1. The molecular formula is C19H27N3O3. The fraction of sp³-hybridized carbons (Fsp3) is 0.526. The van der Waals surface area contributed by atoms with Gasteiger partial charge in [-0.1, -0.05) is 18.2 Å². The number of piperazine rings is 1. The molecule has 3 rings (SSSR count). The zero-order valence-corrected chi connectivity index (χ0v) is 14.9. The second-order valence-electron chi connectivity index (χ2n) is 6.90. The van der Waals surface area contributed by atoms with Gasteiger partial charge in [-0.2, -0.15) is 0 Å². The van der Waals surface area contributed by atoms with E-state index >= 15 is 0 Å². The Bertz CT molecular complexity index is 672. The van der Waals surface area contributed by atoms with Crippen LogP contribution < -0.4 is 0 Å². The molecule has 0 spiro atoms. The van der Waals surface area contributed by atoms with Crippen molar-refractivity contribution in [1.29, 1.82) is 0 Å². The summed E-state index contributed by atoms with van der Waals surface area (Å²) in [6.45, 7) is 7.74. The number of benzene rings is 1. The minimum Gasteiger partial charge on any atom is -0.389 e. The second-order valence-corrected chi connectivity index (χ2v) is 6.90. The molecule has 25 heavy (non-hydrogen) atoms. The number of nitrogens with zero attached hydrogens (tertiary/aromatic N) is 2. The van der Waals surface area contributed by atoms with Crippen LogP contribution in [0.4, 0.5) is 0 Å². The van der Waals surface area contributed by atoms with Gasteiger partial charge in [0, 0.05) is 43.6 Å². The maximum absolute atomic E-state index is 12.7. The maximum atomic E-state index is 12.7. The number of β-amino-alcohol motifs (C(OH)–C–C–N with tert-alkyl or cyclic N) is 1. The van der Waals surface area contributed by atoms with Gasteiger partial charge in [0.1, 0.15) is 5.69 Å². The van der Waals surface area contributed by atoms with Gasteiger partial charge in [-0.3, -0.25) is 9.69 Å². The summed E-state index contributed by atoms with van der Waals surface area (Å²) < 4.78 is 5.45. The number of nitrogens with one attached hydrogen (secondary N) is 1. The number of aromatic nitrogens is 1. The zero-order valence-electron chi connectivity index (χ0n) is 14.9. The molecule has 1 aliphatic rings. The van der Waals surface area contributed by atoms with E-state index in [1.54, 1.807) is 0 Å². The molecule has 6 heteroatoms. The van der Waals surface area contributed by atoms with Gasteiger partial charge in [0.2, 0.25) is 0 Å². The van der Waals surface area contributed by atoms with Crippen molar-refractivity contribution in [3.8, 4) is 0 Å². The van der Waals surface area contributed by atoms with E-state index in [0.29, 0.717) is 31.9 Å². The Hall–Kier alpha value is -1.89. The first-order valence-electron chi connectivity index (χ1n) is 8.92. The van der Waals surface area contributed by atoms with Crippen LogP contribution in [-0.4, -0.2) is 77.3 Å². The van der Waals surface area contributed by atoms with E-state index < -0.39 is 6.10 Å². The third-order valence-electron chi connectivity index (χ3n) is 4.51. The van der Waals surface area contributed by atoms with Gasteiger partial charge in [-0.05, 0) is 26.0 Å². The third-order valence-corrected chi connectivity index (χ3v) is 4.51. The molecule has 1 atom stereocenters. The Morgan fingerprint density at radius 2 is 1.96 bits per heavy atom. The van der Waals surface area contributed by atoms with E-state index in [4.69, 9.17) is 4.74 Å². The van der Waals surface area contributed by atoms with Gasteiger partial charge in [0.05, 0.1) is 18.8 Å². The van der Waals surface area contributed by atoms with Gasteiger partial charge in [0.25, 0.3) is 5.91 Å². The highest BCUT2D eigenvalue weighted by Gasteiger charge is 2.24. The van der Waals surface area contributed by atoms with Crippen LogP contribution in [0, 0.1) is 0 Å². The van der Waals surface area contributed by atoms with E-state index in [-0.39, 0.29) is 12.0 Å². The molecule has 0 aliphatic carbocycles. The van der Waals surface area contributed by atoms with Crippen LogP contribution in [0.15, 0.2) is 30.3 Å². The Kier molecular flexibility index (Phi) is 5.73. The molecule has 1 aromatic heterocycles. The predicted molar refractivity (Wildman–Crippen MR) is 97.7 cm³/mol. The number of aliphatic hydroxyl groups is 1. The van der Waals surface area contributed by atoms with E-state index in [9.17, 15) is 9.90 Å². The lowest BCUT2D eigenvalue weighted by molar-refractivity contribution is -0.0137. The predicted octanol–water partition coefficient (Wildman–Crippen LogP) is 1.71. The highest BCUT2D eigenvalue weighted by Crippen LogP contribution is 2.17. The fourth-order valence-electron chi connectivity index (χ4n) is 3.15. The minimum atomic E-state index is -0.488. The van der Waals surface area contributed by atoms with Crippen molar-refractivity contribution >= 4 is 16.8 Å². The molecule has 0 bridgehead atoms. The van der Waals surface area contributed by atoms with E-state index in [1.165, 1.54) is 0 Å². The first-order valence-corrected chi connectivity index (χ1v) is 8.92. The van der Waals surface area contributed by atoms with Crippen LogP contribution in [-0.2, 0) is 4.74 Å². The van der Waals surface area contributed by atoms with Crippen molar-refractivity contribution in [3.63, 3.8) is 0 Å². The summed E-state index contributed by atoms with van der Waals surface area (Å²) in [6.07, 6.45) is -0.362. The van der Waals surface area contributed by atoms with E-state index in [1.807, 2.05) is 49.1 Å². The molecule has 2 aromatic rings. The quantitative estimate of drug-likeness (QED) is 0.836. The number of rotatable bonds is 6. The highest BCUT2D eigenvalue weighted by atomic mass is 16.5.